The van der Waals surface area contributed by atoms with Gasteiger partial charge in [-0.3, -0.25) is 19.6 Å². The molecule has 1 fully saturated rings. The van der Waals surface area contributed by atoms with Crippen molar-refractivity contribution in [3.05, 3.63) is 47.5 Å². The zero-order chi connectivity index (χ0) is 18.3. The van der Waals surface area contributed by atoms with Crippen LogP contribution in [-0.4, -0.2) is 33.7 Å². The minimum absolute atomic E-state index is 0.0777. The second-order valence-electron chi connectivity index (χ2n) is 6.15. The molecule has 7 nitrogen and oxygen atoms in total. The smallest absolute Gasteiger partial charge is 0.229 e. The van der Waals surface area contributed by atoms with Gasteiger partial charge < -0.3 is 10.4 Å². The number of para-hydroxylation sites is 1. The molecule has 2 amide bonds. The van der Waals surface area contributed by atoms with Crippen molar-refractivity contribution in [2.45, 2.75) is 6.42 Å². The number of aromatic hydroxyl groups is 1. The monoisotopic (exact) mass is 370 g/mol. The fraction of sp³-hybridized carbons (Fsp3) is 0.167. The van der Waals surface area contributed by atoms with Crippen molar-refractivity contribution in [1.82, 2.24) is 10.2 Å². The number of amides is 2. The molecule has 132 valence electrons. The van der Waals surface area contributed by atoms with Crippen LogP contribution < -0.4 is 10.2 Å². The molecule has 0 bridgehead atoms. The molecule has 8 heteroatoms. The van der Waals surface area contributed by atoms with E-state index >= 15 is 0 Å². The van der Waals surface area contributed by atoms with Crippen molar-refractivity contribution in [3.63, 3.8) is 0 Å². The predicted octanol–water partition coefficient (Wildman–Crippen LogP) is 2.91. The lowest BCUT2D eigenvalue weighted by Gasteiger charge is -2.14. The maximum Gasteiger partial charge on any atom is 0.229 e. The number of phenols is 1. The summed E-state index contributed by atoms with van der Waals surface area (Å²) in [6.45, 7) is 0.223. The summed E-state index contributed by atoms with van der Waals surface area (Å²) >= 11 is 5.89. The minimum Gasteiger partial charge on any atom is -0.506 e. The lowest BCUT2D eigenvalue weighted by Crippen LogP contribution is -2.28. The van der Waals surface area contributed by atoms with Gasteiger partial charge in [0.2, 0.25) is 11.8 Å². The van der Waals surface area contributed by atoms with E-state index in [-0.39, 0.29) is 36.2 Å². The average Bonchev–Trinajstić information content (AvgIpc) is 3.21. The van der Waals surface area contributed by atoms with Gasteiger partial charge in [0.25, 0.3) is 0 Å². The Kier molecular flexibility index (Phi) is 4.00. The molecule has 4 rings (SSSR count). The van der Waals surface area contributed by atoms with Crippen LogP contribution in [0.5, 0.6) is 5.75 Å². The first-order valence-corrected chi connectivity index (χ1v) is 8.43. The molecule has 1 aromatic heterocycles. The molecule has 1 aliphatic heterocycles. The van der Waals surface area contributed by atoms with E-state index in [4.69, 9.17) is 11.6 Å². The summed E-state index contributed by atoms with van der Waals surface area (Å²) in [5, 5.41) is 20.8. The van der Waals surface area contributed by atoms with Crippen LogP contribution in [0.4, 0.5) is 11.5 Å². The van der Waals surface area contributed by atoms with E-state index < -0.39 is 5.92 Å². The van der Waals surface area contributed by atoms with E-state index in [1.54, 1.807) is 0 Å². The number of H-pyrrole nitrogens is 1. The third kappa shape index (κ3) is 2.86. The molecular weight excluding hydrogens is 356 g/mol. The number of carbonyl (C=O) groups is 2. The number of halogens is 1. The molecule has 3 N–H and O–H groups in total. The van der Waals surface area contributed by atoms with Crippen molar-refractivity contribution in [1.29, 1.82) is 0 Å². The number of phenolic OH excluding ortho intramolecular Hbond substituents is 1. The first kappa shape index (κ1) is 16.4. The summed E-state index contributed by atoms with van der Waals surface area (Å²) in [4.78, 5) is 26.5. The minimum atomic E-state index is -0.545. The Morgan fingerprint density at radius 1 is 1.31 bits per heavy atom. The Labute approximate surface area is 153 Å². The molecule has 1 aliphatic rings. The SMILES string of the molecule is O=C(Nc1cc(Cl)ccc1O)[C@@H]1CC(=O)N(c2n[nH]c3ccccc23)C1. The normalized spacial score (nSPS) is 17.0. The van der Waals surface area contributed by atoms with Crippen LogP contribution in [0, 0.1) is 5.92 Å². The number of rotatable bonds is 3. The highest BCUT2D eigenvalue weighted by Crippen LogP contribution is 2.31. The van der Waals surface area contributed by atoms with Gasteiger partial charge in [-0.15, -0.1) is 0 Å². The predicted molar refractivity (Wildman–Crippen MR) is 98.3 cm³/mol. The summed E-state index contributed by atoms with van der Waals surface area (Å²) in [7, 11) is 0. The Hall–Kier alpha value is -3.06. The number of aromatic nitrogens is 2. The number of fused-ring (bicyclic) bond motifs is 1. The van der Waals surface area contributed by atoms with E-state index in [1.165, 1.54) is 23.1 Å². The van der Waals surface area contributed by atoms with E-state index in [0.717, 1.165) is 10.9 Å². The lowest BCUT2D eigenvalue weighted by molar-refractivity contribution is -0.122. The first-order chi connectivity index (χ1) is 12.5. The van der Waals surface area contributed by atoms with Gasteiger partial charge in [0.05, 0.1) is 17.1 Å². The quantitative estimate of drug-likeness (QED) is 0.617. The van der Waals surface area contributed by atoms with Gasteiger partial charge in [-0.25, -0.2) is 0 Å². The van der Waals surface area contributed by atoms with Gasteiger partial charge >= 0.3 is 0 Å². The number of nitrogens with zero attached hydrogens (tertiary/aromatic N) is 2. The number of nitrogens with one attached hydrogen (secondary N) is 2. The molecule has 0 aliphatic carbocycles. The standard InChI is InChI=1S/C18H15ClN4O3/c19-11-5-6-15(24)14(8-11)20-18(26)10-7-16(25)23(9-10)17-12-3-1-2-4-13(12)21-22-17/h1-6,8,10,24H,7,9H2,(H,20,26)(H,21,22)/t10-/m1/s1. The van der Waals surface area contributed by atoms with Gasteiger partial charge in [-0.2, -0.15) is 5.10 Å². The van der Waals surface area contributed by atoms with Crippen LogP contribution in [0.25, 0.3) is 10.9 Å². The summed E-state index contributed by atoms with van der Waals surface area (Å²) in [5.74, 6) is -0.624. The molecule has 2 heterocycles. The third-order valence-corrected chi connectivity index (χ3v) is 4.65. The maximum absolute atomic E-state index is 12.5. The van der Waals surface area contributed by atoms with Gasteiger partial charge in [0.15, 0.2) is 5.82 Å². The van der Waals surface area contributed by atoms with Crippen LogP contribution >= 0.6 is 11.6 Å². The van der Waals surface area contributed by atoms with Crippen molar-refractivity contribution in [2.24, 2.45) is 5.92 Å². The Morgan fingerprint density at radius 2 is 2.12 bits per heavy atom. The van der Waals surface area contributed by atoms with Crippen molar-refractivity contribution >= 4 is 45.8 Å². The number of hydrogen-bond acceptors (Lipinski definition) is 4. The topological polar surface area (TPSA) is 98.3 Å². The molecule has 0 saturated carbocycles. The number of anilines is 2. The summed E-state index contributed by atoms with van der Waals surface area (Å²) in [6.07, 6.45) is 0.0777. The maximum atomic E-state index is 12.5. The molecule has 2 aromatic carbocycles. The number of aromatic amines is 1. The number of hydrogen-bond donors (Lipinski definition) is 3. The van der Waals surface area contributed by atoms with E-state index in [2.05, 4.69) is 15.5 Å². The van der Waals surface area contributed by atoms with Crippen LogP contribution in [0.15, 0.2) is 42.5 Å². The second kappa shape index (κ2) is 6.34. The number of carbonyl (C=O) groups excluding carboxylic acids is 2. The number of benzene rings is 2. The van der Waals surface area contributed by atoms with Gasteiger partial charge in [-0.1, -0.05) is 23.7 Å². The molecule has 1 atom stereocenters. The first-order valence-electron chi connectivity index (χ1n) is 8.06. The van der Waals surface area contributed by atoms with E-state index in [0.29, 0.717) is 10.8 Å². The largest absolute Gasteiger partial charge is 0.506 e. The van der Waals surface area contributed by atoms with Crippen LogP contribution in [0.3, 0.4) is 0 Å². The summed E-state index contributed by atoms with van der Waals surface area (Å²) in [6, 6.07) is 11.9. The highest BCUT2D eigenvalue weighted by atomic mass is 35.5. The van der Waals surface area contributed by atoms with E-state index in [1.807, 2.05) is 24.3 Å². The molecule has 26 heavy (non-hydrogen) atoms. The van der Waals surface area contributed by atoms with Crippen molar-refractivity contribution < 1.29 is 14.7 Å². The molecule has 1 saturated heterocycles. The highest BCUT2D eigenvalue weighted by molar-refractivity contribution is 6.31. The van der Waals surface area contributed by atoms with Gasteiger partial charge in [-0.05, 0) is 30.3 Å². The van der Waals surface area contributed by atoms with Gasteiger partial charge in [0.1, 0.15) is 5.75 Å². The second-order valence-corrected chi connectivity index (χ2v) is 6.59. The molecule has 0 unspecified atom stereocenters. The molecule has 0 radical (unpaired) electrons. The van der Waals surface area contributed by atoms with Crippen LogP contribution in [0.2, 0.25) is 5.02 Å². The summed E-state index contributed by atoms with van der Waals surface area (Å²) < 4.78 is 0. The Bertz CT molecular complexity index is 1020. The Balaban J connectivity index is 1.54. The fourth-order valence-electron chi connectivity index (χ4n) is 3.09. The molecule has 3 aromatic rings. The van der Waals surface area contributed by atoms with E-state index in [9.17, 15) is 14.7 Å². The van der Waals surface area contributed by atoms with Crippen LogP contribution in [-0.2, 0) is 9.59 Å². The van der Waals surface area contributed by atoms with Gasteiger partial charge in [0, 0.05) is 23.4 Å². The lowest BCUT2D eigenvalue weighted by atomic mass is 10.1. The third-order valence-electron chi connectivity index (χ3n) is 4.42. The molecule has 0 spiro atoms. The molecular formula is C18H15ClN4O3. The summed E-state index contributed by atoms with van der Waals surface area (Å²) in [5.41, 5.74) is 1.05. The zero-order valence-electron chi connectivity index (χ0n) is 13.6. The zero-order valence-corrected chi connectivity index (χ0v) is 14.3. The van der Waals surface area contributed by atoms with Crippen molar-refractivity contribution in [3.8, 4) is 5.75 Å². The highest BCUT2D eigenvalue weighted by Gasteiger charge is 2.37. The fourth-order valence-corrected chi connectivity index (χ4v) is 3.26. The van der Waals surface area contributed by atoms with Crippen LogP contribution in [0.1, 0.15) is 6.42 Å². The Morgan fingerprint density at radius 3 is 2.96 bits per heavy atom. The van der Waals surface area contributed by atoms with Crippen molar-refractivity contribution in [2.75, 3.05) is 16.8 Å². The average molecular weight is 371 g/mol.